The molecule has 23 heavy (non-hydrogen) atoms. The number of hydrogen-bond donors (Lipinski definition) is 2. The van der Waals surface area contributed by atoms with Gasteiger partial charge in [-0.1, -0.05) is 0 Å². The number of nitriles is 3. The van der Waals surface area contributed by atoms with Crippen LogP contribution >= 0.6 is 0 Å². The lowest BCUT2D eigenvalue weighted by atomic mass is 9.91. The van der Waals surface area contributed by atoms with Crippen LogP contribution in [0.2, 0.25) is 0 Å². The molecule has 0 aromatic heterocycles. The lowest BCUT2D eigenvalue weighted by Gasteiger charge is -2.19. The average Bonchev–Trinajstić information content (AvgIpc) is 2.53. The molecule has 0 spiro atoms. The Bertz CT molecular complexity index is 896. The fraction of sp³-hybridized carbons (Fsp3) is 0.267. The molecule has 0 saturated carbocycles. The summed E-state index contributed by atoms with van der Waals surface area (Å²) in [5.41, 5.74) is 0.895. The molecule has 0 fully saturated rings. The fourth-order valence-corrected chi connectivity index (χ4v) is 3.17. The number of allylic oxidation sites excluding steroid dienone is 2. The van der Waals surface area contributed by atoms with E-state index >= 15 is 0 Å². The average molecular weight is 328 g/mol. The first-order chi connectivity index (χ1) is 10.9. The zero-order chi connectivity index (χ0) is 17.0. The molecule has 7 nitrogen and oxygen atoms in total. The van der Waals surface area contributed by atoms with Crippen molar-refractivity contribution in [3.63, 3.8) is 0 Å². The molecular weight excluding hydrogens is 316 g/mol. The van der Waals surface area contributed by atoms with Gasteiger partial charge in [-0.15, -0.1) is 0 Å². The van der Waals surface area contributed by atoms with Gasteiger partial charge in [-0.2, -0.15) is 24.2 Å². The van der Waals surface area contributed by atoms with Crippen LogP contribution in [0.15, 0.2) is 28.3 Å². The van der Waals surface area contributed by atoms with Gasteiger partial charge in [-0.05, 0) is 48.9 Å². The molecule has 0 radical (unpaired) electrons. The Hall–Kier alpha value is -2.86. The number of rotatable bonds is 3. The van der Waals surface area contributed by atoms with Gasteiger partial charge in [0.25, 0.3) is 10.1 Å². The topological polar surface area (TPSA) is 138 Å². The maximum Gasteiger partial charge on any atom is 0.296 e. The smallest absolute Gasteiger partial charge is 0.296 e. The predicted molar refractivity (Wildman–Crippen MR) is 80.4 cm³/mol. The first kappa shape index (κ1) is 16.5. The van der Waals surface area contributed by atoms with E-state index in [1.165, 1.54) is 6.07 Å². The van der Waals surface area contributed by atoms with E-state index < -0.39 is 15.7 Å². The molecule has 1 aliphatic carbocycles. The Morgan fingerprint density at radius 1 is 1.04 bits per heavy atom. The Morgan fingerprint density at radius 3 is 2.09 bits per heavy atom. The van der Waals surface area contributed by atoms with E-state index in [0.717, 1.165) is 30.4 Å². The molecule has 116 valence electrons. The molecule has 0 atom stereocenters. The van der Waals surface area contributed by atoms with Gasteiger partial charge in [-0.25, -0.2) is 0 Å². The molecule has 1 aliphatic rings. The quantitative estimate of drug-likeness (QED) is 0.639. The molecule has 0 aliphatic heterocycles. The largest absolute Gasteiger partial charge is 0.344 e. The lowest BCUT2D eigenvalue weighted by molar-refractivity contribution is 0.483. The monoisotopic (exact) mass is 328 g/mol. The minimum Gasteiger partial charge on any atom is -0.344 e. The van der Waals surface area contributed by atoms with Crippen molar-refractivity contribution in [2.45, 2.75) is 30.6 Å². The lowest BCUT2D eigenvalue weighted by Crippen LogP contribution is -2.11. The molecular formula is C15H12N4O3S. The number of hydrogen-bond acceptors (Lipinski definition) is 6. The van der Waals surface area contributed by atoms with E-state index in [2.05, 4.69) is 5.32 Å². The highest BCUT2D eigenvalue weighted by molar-refractivity contribution is 7.86. The van der Waals surface area contributed by atoms with E-state index in [0.29, 0.717) is 6.42 Å². The summed E-state index contributed by atoms with van der Waals surface area (Å²) in [5.74, 6) is 0. The summed E-state index contributed by atoms with van der Waals surface area (Å²) in [6.07, 6.45) is 3.35. The van der Waals surface area contributed by atoms with Crippen molar-refractivity contribution in [2.75, 3.05) is 5.32 Å². The van der Waals surface area contributed by atoms with Crippen LogP contribution in [0.3, 0.4) is 0 Å². The van der Waals surface area contributed by atoms with Gasteiger partial charge >= 0.3 is 0 Å². The van der Waals surface area contributed by atoms with E-state index in [4.69, 9.17) is 15.8 Å². The van der Waals surface area contributed by atoms with Gasteiger partial charge in [0.05, 0.1) is 5.69 Å². The van der Waals surface area contributed by atoms with Gasteiger partial charge in [0.15, 0.2) is 5.57 Å². The highest BCUT2D eigenvalue weighted by atomic mass is 32.2. The molecule has 0 heterocycles. The summed E-state index contributed by atoms with van der Waals surface area (Å²) in [6.45, 7) is 0. The second-order valence-corrected chi connectivity index (χ2v) is 6.40. The highest BCUT2D eigenvalue weighted by Crippen LogP contribution is 2.31. The van der Waals surface area contributed by atoms with Crippen LogP contribution in [0.1, 0.15) is 24.0 Å². The van der Waals surface area contributed by atoms with Crippen LogP contribution in [0.25, 0.3) is 0 Å². The minimum atomic E-state index is -4.52. The molecule has 0 amide bonds. The van der Waals surface area contributed by atoms with Crippen molar-refractivity contribution >= 4 is 15.8 Å². The van der Waals surface area contributed by atoms with Gasteiger partial charge in [0.2, 0.25) is 0 Å². The normalized spacial score (nSPS) is 13.0. The number of nitrogens with one attached hydrogen (secondary N) is 1. The zero-order valence-corrected chi connectivity index (χ0v) is 12.8. The first-order valence-electron chi connectivity index (χ1n) is 6.75. The number of fused-ring (bicyclic) bond motifs is 1. The second kappa shape index (κ2) is 6.50. The van der Waals surface area contributed by atoms with Crippen LogP contribution in [-0.4, -0.2) is 13.0 Å². The molecule has 1 aromatic rings. The van der Waals surface area contributed by atoms with E-state index in [1.807, 2.05) is 0 Å². The minimum absolute atomic E-state index is 0.0206. The third-order valence-electron chi connectivity index (χ3n) is 3.57. The van der Waals surface area contributed by atoms with Crippen molar-refractivity contribution < 1.29 is 13.0 Å². The fourth-order valence-electron chi connectivity index (χ4n) is 2.49. The Kier molecular flexibility index (Phi) is 4.66. The maximum atomic E-state index is 11.6. The summed E-state index contributed by atoms with van der Waals surface area (Å²) in [7, 11) is -4.52. The number of anilines is 1. The third-order valence-corrected chi connectivity index (χ3v) is 4.46. The van der Waals surface area contributed by atoms with E-state index in [9.17, 15) is 13.0 Å². The number of nitrogens with zero attached hydrogens (tertiary/aromatic N) is 3. The van der Waals surface area contributed by atoms with Crippen molar-refractivity contribution in [1.29, 1.82) is 15.8 Å². The van der Waals surface area contributed by atoms with Crippen molar-refractivity contribution in [1.82, 2.24) is 0 Å². The predicted octanol–water partition coefficient (Wildman–Crippen LogP) is 2.05. The summed E-state index contributed by atoms with van der Waals surface area (Å²) in [4.78, 5) is -0.374. The van der Waals surface area contributed by atoms with E-state index in [1.54, 1.807) is 24.3 Å². The van der Waals surface area contributed by atoms with Crippen LogP contribution < -0.4 is 5.32 Å². The Labute approximate surface area is 133 Å². The molecule has 1 aromatic carbocycles. The Morgan fingerprint density at radius 2 is 1.61 bits per heavy atom. The maximum absolute atomic E-state index is 11.6. The van der Waals surface area contributed by atoms with Crippen molar-refractivity contribution in [3.05, 3.63) is 34.5 Å². The third kappa shape index (κ3) is 3.49. The van der Waals surface area contributed by atoms with E-state index in [-0.39, 0.29) is 16.3 Å². The van der Waals surface area contributed by atoms with Crippen molar-refractivity contribution in [3.8, 4) is 18.2 Å². The summed E-state index contributed by atoms with van der Waals surface area (Å²) >= 11 is 0. The molecule has 2 rings (SSSR count). The van der Waals surface area contributed by atoms with Gasteiger partial charge in [0.1, 0.15) is 28.8 Å². The second-order valence-electron chi connectivity index (χ2n) is 5.01. The standard InChI is InChI=1S/C15H12N4O3S/c16-7-12(8-17)14(9-18)19-13-5-10-3-1-2-4-11(10)6-15(13)23(20,21)22/h5-6,19H,1-4H2,(H,20,21,22). The Balaban J connectivity index is 2.63. The summed E-state index contributed by atoms with van der Waals surface area (Å²) in [6, 6.07) is 7.71. The SMILES string of the molecule is N#CC(C#N)=C(C#N)Nc1cc2c(cc1S(=O)(=O)O)CCCC2. The summed E-state index contributed by atoms with van der Waals surface area (Å²) in [5, 5.41) is 29.2. The number of benzene rings is 1. The number of aryl methyl sites for hydroxylation is 2. The molecule has 8 heteroatoms. The van der Waals surface area contributed by atoms with Crippen LogP contribution in [0.5, 0.6) is 0 Å². The van der Waals surface area contributed by atoms with Crippen LogP contribution in [0, 0.1) is 34.0 Å². The van der Waals surface area contributed by atoms with Gasteiger partial charge in [0, 0.05) is 0 Å². The highest BCUT2D eigenvalue weighted by Gasteiger charge is 2.22. The van der Waals surface area contributed by atoms with Crippen molar-refractivity contribution in [2.24, 2.45) is 0 Å². The zero-order valence-electron chi connectivity index (χ0n) is 12.0. The van der Waals surface area contributed by atoms with Gasteiger partial charge < -0.3 is 5.32 Å². The molecule has 2 N–H and O–H groups in total. The van der Waals surface area contributed by atoms with Crippen LogP contribution in [0.4, 0.5) is 5.69 Å². The molecule has 0 unspecified atom stereocenters. The van der Waals surface area contributed by atoms with Crippen LogP contribution in [-0.2, 0) is 23.0 Å². The molecule has 0 bridgehead atoms. The first-order valence-corrected chi connectivity index (χ1v) is 8.19. The summed E-state index contributed by atoms with van der Waals surface area (Å²) < 4.78 is 32.6. The van der Waals surface area contributed by atoms with Gasteiger partial charge in [-0.3, -0.25) is 4.55 Å². The molecule has 0 saturated heterocycles.